The van der Waals surface area contributed by atoms with Crippen LogP contribution >= 0.6 is 0 Å². The summed E-state index contributed by atoms with van der Waals surface area (Å²) in [7, 11) is 0. The number of aliphatic imine (C=N–C) groups is 1. The molecule has 0 radical (unpaired) electrons. The number of benzene rings is 6. The highest BCUT2D eigenvalue weighted by Crippen LogP contribution is 2.41. The number of phenols is 1. The predicted molar refractivity (Wildman–Crippen MR) is 201 cm³/mol. The minimum Gasteiger partial charge on any atom is -0.507 e. The van der Waals surface area contributed by atoms with Crippen LogP contribution in [-0.4, -0.2) is 16.3 Å². The van der Waals surface area contributed by atoms with E-state index in [1.54, 1.807) is 12.3 Å². The van der Waals surface area contributed by atoms with Gasteiger partial charge in [0.2, 0.25) is 5.89 Å². The summed E-state index contributed by atoms with van der Waals surface area (Å²) in [5, 5.41) is 13.0. The zero-order chi connectivity index (χ0) is 33.6. The van der Waals surface area contributed by atoms with Crippen molar-refractivity contribution in [2.24, 2.45) is 4.99 Å². The van der Waals surface area contributed by atoms with Crippen LogP contribution in [0.15, 0.2) is 131 Å². The molecule has 4 nitrogen and oxygen atoms in total. The molecule has 0 bridgehead atoms. The van der Waals surface area contributed by atoms with Crippen molar-refractivity contribution < 1.29 is 9.52 Å². The number of aromatic hydroxyl groups is 1. The average molecular weight is 629 g/mol. The van der Waals surface area contributed by atoms with Gasteiger partial charge in [0.05, 0.1) is 11.3 Å². The highest BCUT2D eigenvalue weighted by atomic mass is 16.3. The van der Waals surface area contributed by atoms with Crippen LogP contribution in [0.25, 0.3) is 55.6 Å². The first kappa shape index (κ1) is 31.1. The zero-order valence-electron chi connectivity index (χ0n) is 28.4. The van der Waals surface area contributed by atoms with Gasteiger partial charge in [0.1, 0.15) is 11.3 Å². The maximum absolute atomic E-state index is 10.6. The molecule has 6 aromatic carbocycles. The lowest BCUT2D eigenvalue weighted by Gasteiger charge is -2.20. The van der Waals surface area contributed by atoms with Gasteiger partial charge in [0.25, 0.3) is 0 Å². The molecule has 0 saturated carbocycles. The van der Waals surface area contributed by atoms with Gasteiger partial charge in [-0.2, -0.15) is 0 Å². The number of phenolic OH excluding ortho intramolecular Hbond substituents is 1. The van der Waals surface area contributed by atoms with Crippen LogP contribution in [0.2, 0.25) is 0 Å². The van der Waals surface area contributed by atoms with E-state index in [0.29, 0.717) is 22.7 Å². The molecule has 0 spiro atoms. The Bertz CT molecular complexity index is 2320. The summed E-state index contributed by atoms with van der Waals surface area (Å²) in [6.45, 7) is 13.2. The molecule has 0 aliphatic carbocycles. The first-order valence-corrected chi connectivity index (χ1v) is 16.5. The number of fused-ring (bicyclic) bond motifs is 2. The number of hydrogen-bond donors (Lipinski definition) is 1. The molecule has 0 amide bonds. The third-order valence-corrected chi connectivity index (χ3v) is 9.01. The van der Waals surface area contributed by atoms with Crippen molar-refractivity contribution in [1.29, 1.82) is 0 Å². The Kier molecular flexibility index (Phi) is 7.75. The maximum Gasteiger partial charge on any atom is 0.229 e. The second kappa shape index (κ2) is 12.0. The van der Waals surface area contributed by atoms with Gasteiger partial charge >= 0.3 is 0 Å². The Morgan fingerprint density at radius 2 is 1.31 bits per heavy atom. The summed E-state index contributed by atoms with van der Waals surface area (Å²) < 4.78 is 6.63. The van der Waals surface area contributed by atoms with Crippen molar-refractivity contribution in [1.82, 2.24) is 4.98 Å². The van der Waals surface area contributed by atoms with Gasteiger partial charge in [0.15, 0.2) is 5.58 Å². The van der Waals surface area contributed by atoms with Crippen molar-refractivity contribution in [2.75, 3.05) is 0 Å². The molecule has 0 unspecified atom stereocenters. The van der Waals surface area contributed by atoms with Crippen LogP contribution in [0.4, 0.5) is 5.69 Å². The third kappa shape index (κ3) is 6.02. The van der Waals surface area contributed by atoms with Crippen LogP contribution < -0.4 is 0 Å². The standard InChI is InChI=1S/C44H40N2O2/c1-43(2,3)32-16-11-15-29(23-32)30-25-37(35-19-12-14-28-13-7-8-17-34(28)35)41-40(26-30)48-42(46-41)36-18-9-10-20-38(36)45-27-31-24-33(44(4,5)6)21-22-39(31)47/h7-27,47H,1-6H3. The normalized spacial score (nSPS) is 12.4. The number of oxazole rings is 1. The summed E-state index contributed by atoms with van der Waals surface area (Å²) in [5.74, 6) is 0.682. The molecule has 0 aliphatic rings. The molecule has 238 valence electrons. The van der Waals surface area contributed by atoms with Crippen molar-refractivity contribution in [3.63, 3.8) is 0 Å². The molecule has 1 aromatic heterocycles. The second-order valence-corrected chi connectivity index (χ2v) is 14.5. The van der Waals surface area contributed by atoms with Gasteiger partial charge in [-0.3, -0.25) is 4.99 Å². The second-order valence-electron chi connectivity index (χ2n) is 14.5. The Morgan fingerprint density at radius 3 is 2.12 bits per heavy atom. The van der Waals surface area contributed by atoms with E-state index in [1.807, 2.05) is 36.4 Å². The topological polar surface area (TPSA) is 58.6 Å². The molecule has 4 heteroatoms. The van der Waals surface area contributed by atoms with E-state index in [9.17, 15) is 5.11 Å². The van der Waals surface area contributed by atoms with E-state index in [0.717, 1.165) is 44.3 Å². The number of aromatic nitrogens is 1. The van der Waals surface area contributed by atoms with Crippen LogP contribution in [0.3, 0.4) is 0 Å². The first-order chi connectivity index (χ1) is 23.0. The van der Waals surface area contributed by atoms with Gasteiger partial charge in [-0.05, 0) is 85.8 Å². The molecule has 7 aromatic rings. The van der Waals surface area contributed by atoms with E-state index in [4.69, 9.17) is 14.4 Å². The molecule has 0 fully saturated rings. The fourth-order valence-electron chi connectivity index (χ4n) is 6.17. The summed E-state index contributed by atoms with van der Waals surface area (Å²) in [5.41, 5.74) is 10.3. The number of rotatable bonds is 5. The average Bonchev–Trinajstić information content (AvgIpc) is 3.51. The summed E-state index contributed by atoms with van der Waals surface area (Å²) in [6, 6.07) is 41.5. The predicted octanol–water partition coefficient (Wildman–Crippen LogP) is 12.0. The lowest BCUT2D eigenvalue weighted by molar-refractivity contribution is 0.473. The monoisotopic (exact) mass is 628 g/mol. The fourth-order valence-corrected chi connectivity index (χ4v) is 6.17. The van der Waals surface area contributed by atoms with Gasteiger partial charge in [0, 0.05) is 17.3 Å². The molecule has 0 aliphatic heterocycles. The Labute approximate surface area is 282 Å². The van der Waals surface area contributed by atoms with Crippen LogP contribution in [0.1, 0.15) is 58.2 Å². The van der Waals surface area contributed by atoms with Crippen molar-refractivity contribution in [3.8, 4) is 39.5 Å². The van der Waals surface area contributed by atoms with Crippen molar-refractivity contribution in [3.05, 3.63) is 138 Å². The molecule has 0 atom stereocenters. The lowest BCUT2D eigenvalue weighted by Crippen LogP contribution is -2.11. The van der Waals surface area contributed by atoms with Gasteiger partial charge < -0.3 is 9.52 Å². The largest absolute Gasteiger partial charge is 0.507 e. The van der Waals surface area contributed by atoms with Crippen LogP contribution in [-0.2, 0) is 10.8 Å². The van der Waals surface area contributed by atoms with Gasteiger partial charge in [-0.25, -0.2) is 4.98 Å². The van der Waals surface area contributed by atoms with E-state index in [1.165, 1.54) is 10.9 Å². The Morgan fingerprint density at radius 1 is 0.625 bits per heavy atom. The van der Waals surface area contributed by atoms with Crippen LogP contribution in [0, 0.1) is 0 Å². The summed E-state index contributed by atoms with van der Waals surface area (Å²) in [6.07, 6.45) is 1.72. The summed E-state index contributed by atoms with van der Waals surface area (Å²) >= 11 is 0. The van der Waals surface area contributed by atoms with E-state index < -0.39 is 0 Å². The van der Waals surface area contributed by atoms with Gasteiger partial charge in [-0.1, -0.05) is 126 Å². The molecular weight excluding hydrogens is 588 g/mol. The Balaban J connectivity index is 1.40. The fraction of sp³-hybridized carbons (Fsp3) is 0.182. The number of hydrogen-bond acceptors (Lipinski definition) is 4. The first-order valence-electron chi connectivity index (χ1n) is 16.5. The lowest BCUT2D eigenvalue weighted by atomic mass is 9.85. The quantitative estimate of drug-likeness (QED) is 0.193. The van der Waals surface area contributed by atoms with E-state index >= 15 is 0 Å². The molecule has 48 heavy (non-hydrogen) atoms. The van der Waals surface area contributed by atoms with E-state index in [-0.39, 0.29) is 16.6 Å². The van der Waals surface area contributed by atoms with Crippen molar-refractivity contribution in [2.45, 2.75) is 52.4 Å². The highest BCUT2D eigenvalue weighted by Gasteiger charge is 2.20. The Hall–Kier alpha value is -5.48. The molecule has 0 saturated heterocycles. The molecule has 7 rings (SSSR count). The maximum atomic E-state index is 10.6. The summed E-state index contributed by atoms with van der Waals surface area (Å²) in [4.78, 5) is 9.99. The van der Waals surface area contributed by atoms with E-state index in [2.05, 4.69) is 120 Å². The zero-order valence-corrected chi connectivity index (χ0v) is 28.4. The molecule has 1 heterocycles. The third-order valence-electron chi connectivity index (χ3n) is 9.01. The molecular formula is C44H40N2O2. The minimum absolute atomic E-state index is 0.0209. The van der Waals surface area contributed by atoms with Crippen molar-refractivity contribution >= 4 is 33.8 Å². The number of para-hydroxylation sites is 1. The highest BCUT2D eigenvalue weighted by molar-refractivity contribution is 6.05. The molecule has 1 N–H and O–H groups in total. The smallest absolute Gasteiger partial charge is 0.229 e. The SMILES string of the molecule is CC(C)(C)c1cccc(-c2cc(-c3cccc4ccccc34)c3nc(-c4ccccc4N=Cc4cc(C(C)(C)C)ccc4O)oc3c2)c1. The van der Waals surface area contributed by atoms with Gasteiger partial charge in [-0.15, -0.1) is 0 Å². The number of nitrogens with zero attached hydrogens (tertiary/aromatic N) is 2. The van der Waals surface area contributed by atoms with Crippen LogP contribution in [0.5, 0.6) is 5.75 Å². The minimum atomic E-state index is -0.0545.